The summed E-state index contributed by atoms with van der Waals surface area (Å²) < 4.78 is 10.2. The molecule has 25 heavy (non-hydrogen) atoms. The first-order chi connectivity index (χ1) is 11.9. The molecule has 136 valence electrons. The van der Waals surface area contributed by atoms with E-state index in [1.54, 1.807) is 0 Å². The molecule has 0 aromatic heterocycles. The van der Waals surface area contributed by atoms with Crippen LogP contribution in [-0.2, 0) is 14.3 Å². The molecule has 0 saturated carbocycles. The Balaban J connectivity index is 1.50. The molecule has 3 rings (SSSR count). The van der Waals surface area contributed by atoms with Gasteiger partial charge in [0.1, 0.15) is 6.61 Å². The normalized spacial score (nSPS) is 20.8. The molecule has 2 saturated heterocycles. The Morgan fingerprint density at radius 3 is 2.68 bits per heavy atom. The van der Waals surface area contributed by atoms with Crippen molar-refractivity contribution in [3.8, 4) is 0 Å². The van der Waals surface area contributed by atoms with Gasteiger partial charge in [0.05, 0.1) is 12.6 Å². The molecule has 0 aliphatic carbocycles. The number of nitrogens with one attached hydrogen (secondary N) is 1. The van der Waals surface area contributed by atoms with Crippen LogP contribution in [0, 0.1) is 13.8 Å². The van der Waals surface area contributed by atoms with Crippen LogP contribution in [0.5, 0.6) is 0 Å². The molecule has 1 aromatic carbocycles. The topological polar surface area (TPSA) is 67.9 Å². The third-order valence-electron chi connectivity index (χ3n) is 5.17. The van der Waals surface area contributed by atoms with Crippen LogP contribution in [0.2, 0.25) is 0 Å². The smallest absolute Gasteiger partial charge is 0.430 e. The summed E-state index contributed by atoms with van der Waals surface area (Å²) in [4.78, 5) is 25.7. The fourth-order valence-electron chi connectivity index (χ4n) is 3.59. The van der Waals surface area contributed by atoms with Gasteiger partial charge in [-0.15, -0.1) is 0 Å². The molecule has 2 heterocycles. The Morgan fingerprint density at radius 2 is 2.04 bits per heavy atom. The van der Waals surface area contributed by atoms with E-state index in [0.717, 1.165) is 18.7 Å². The minimum absolute atomic E-state index is 0.0176. The predicted octanol–water partition coefficient (Wildman–Crippen LogP) is 2.48. The first-order valence-electron chi connectivity index (χ1n) is 8.81. The Labute approximate surface area is 148 Å². The van der Waals surface area contributed by atoms with E-state index in [0.29, 0.717) is 26.0 Å². The van der Waals surface area contributed by atoms with E-state index in [4.69, 9.17) is 9.47 Å². The van der Waals surface area contributed by atoms with Gasteiger partial charge in [-0.3, -0.25) is 9.69 Å². The Hall–Kier alpha value is -2.08. The van der Waals surface area contributed by atoms with Crippen molar-refractivity contribution in [1.29, 1.82) is 0 Å². The summed E-state index contributed by atoms with van der Waals surface area (Å²) in [5.74, 6) is 0.0176. The van der Waals surface area contributed by atoms with Crippen LogP contribution in [0.4, 0.5) is 4.79 Å². The zero-order valence-corrected chi connectivity index (χ0v) is 15.1. The van der Waals surface area contributed by atoms with Crippen molar-refractivity contribution in [3.05, 3.63) is 34.9 Å². The largest absolute Gasteiger partial charge is 0.509 e. The highest BCUT2D eigenvalue weighted by Crippen LogP contribution is 2.31. The van der Waals surface area contributed by atoms with Gasteiger partial charge in [-0.2, -0.15) is 0 Å². The van der Waals surface area contributed by atoms with Gasteiger partial charge >= 0.3 is 6.16 Å². The molecule has 2 aliphatic rings. The molecule has 6 nitrogen and oxygen atoms in total. The maximum atomic E-state index is 12.4. The number of aryl methyl sites for hydroxylation is 2. The van der Waals surface area contributed by atoms with Crippen LogP contribution >= 0.6 is 0 Å². The molecular weight excluding hydrogens is 320 g/mol. The summed E-state index contributed by atoms with van der Waals surface area (Å²) in [5.41, 5.74) is 3.05. The number of amides is 1. The molecule has 2 aliphatic heterocycles. The molecule has 1 aromatic rings. The molecule has 2 fully saturated rings. The van der Waals surface area contributed by atoms with Crippen molar-refractivity contribution in [2.75, 3.05) is 26.2 Å². The Morgan fingerprint density at radius 1 is 1.32 bits per heavy atom. The van der Waals surface area contributed by atoms with Crippen LogP contribution < -0.4 is 5.32 Å². The lowest BCUT2D eigenvalue weighted by atomic mass is 9.92. The molecule has 0 radical (unpaired) electrons. The van der Waals surface area contributed by atoms with E-state index in [1.807, 2.05) is 6.92 Å². The first kappa shape index (κ1) is 17.7. The van der Waals surface area contributed by atoms with E-state index in [9.17, 15) is 9.59 Å². The van der Waals surface area contributed by atoms with Gasteiger partial charge in [0.25, 0.3) is 0 Å². The van der Waals surface area contributed by atoms with Crippen molar-refractivity contribution < 1.29 is 19.1 Å². The van der Waals surface area contributed by atoms with Gasteiger partial charge in [-0.1, -0.05) is 23.8 Å². The van der Waals surface area contributed by atoms with Crippen LogP contribution in [0.15, 0.2) is 18.2 Å². The number of rotatable bonds is 4. The van der Waals surface area contributed by atoms with Crippen LogP contribution in [-0.4, -0.2) is 48.8 Å². The predicted molar refractivity (Wildman–Crippen MR) is 93.3 cm³/mol. The van der Waals surface area contributed by atoms with Crippen LogP contribution in [0.1, 0.15) is 42.5 Å². The SMILES string of the molecule is Cc1ccc(C)c([C@@H](C)NC(=O)CN2CCC3(CC2)COC(=O)O3)c1. The number of cyclic esters (lactones) is 1. The van der Waals surface area contributed by atoms with Gasteiger partial charge in [0, 0.05) is 25.9 Å². The summed E-state index contributed by atoms with van der Waals surface area (Å²) in [5, 5.41) is 3.09. The highest BCUT2D eigenvalue weighted by atomic mass is 16.8. The number of hydrogen-bond donors (Lipinski definition) is 1. The third-order valence-corrected chi connectivity index (χ3v) is 5.17. The minimum atomic E-state index is -0.575. The maximum absolute atomic E-state index is 12.4. The second kappa shape index (κ2) is 7.04. The lowest BCUT2D eigenvalue weighted by Gasteiger charge is -2.36. The summed E-state index contributed by atoms with van der Waals surface area (Å²) in [6.07, 6.45) is 0.838. The number of piperidine rings is 1. The van der Waals surface area contributed by atoms with Gasteiger partial charge in [0.15, 0.2) is 5.60 Å². The lowest BCUT2D eigenvalue weighted by Crippen LogP contribution is -2.49. The van der Waals surface area contributed by atoms with Crippen molar-refractivity contribution in [3.63, 3.8) is 0 Å². The van der Waals surface area contributed by atoms with Crippen molar-refractivity contribution >= 4 is 12.1 Å². The fourth-order valence-corrected chi connectivity index (χ4v) is 3.59. The molecule has 0 bridgehead atoms. The second-order valence-corrected chi connectivity index (χ2v) is 7.25. The average Bonchev–Trinajstić information content (AvgIpc) is 2.93. The van der Waals surface area contributed by atoms with Gasteiger partial charge in [-0.05, 0) is 31.9 Å². The van der Waals surface area contributed by atoms with Crippen LogP contribution in [0.25, 0.3) is 0 Å². The fraction of sp³-hybridized carbons (Fsp3) is 0.579. The third kappa shape index (κ3) is 4.12. The van der Waals surface area contributed by atoms with E-state index in [1.165, 1.54) is 11.1 Å². The Kier molecular flexibility index (Phi) is 4.99. The number of ether oxygens (including phenoxy) is 2. The molecule has 1 amide bonds. The molecular formula is C19H26N2O4. The second-order valence-electron chi connectivity index (χ2n) is 7.25. The number of carbonyl (C=O) groups is 2. The van der Waals surface area contributed by atoms with E-state index in [-0.39, 0.29) is 11.9 Å². The van der Waals surface area contributed by atoms with E-state index >= 15 is 0 Å². The van der Waals surface area contributed by atoms with Crippen molar-refractivity contribution in [1.82, 2.24) is 10.2 Å². The molecule has 0 unspecified atom stereocenters. The van der Waals surface area contributed by atoms with Gasteiger partial charge in [0.2, 0.25) is 5.91 Å². The number of hydrogen-bond acceptors (Lipinski definition) is 5. The summed E-state index contributed by atoms with van der Waals surface area (Å²) in [7, 11) is 0. The van der Waals surface area contributed by atoms with Gasteiger partial charge < -0.3 is 14.8 Å². The highest BCUT2D eigenvalue weighted by molar-refractivity contribution is 5.78. The quantitative estimate of drug-likeness (QED) is 0.849. The minimum Gasteiger partial charge on any atom is -0.430 e. The van der Waals surface area contributed by atoms with Crippen molar-refractivity contribution in [2.24, 2.45) is 0 Å². The van der Waals surface area contributed by atoms with Crippen LogP contribution in [0.3, 0.4) is 0 Å². The number of carbonyl (C=O) groups excluding carboxylic acids is 2. The zero-order chi connectivity index (χ0) is 18.0. The summed E-state index contributed by atoms with van der Waals surface area (Å²) >= 11 is 0. The Bertz CT molecular complexity index is 665. The highest BCUT2D eigenvalue weighted by Gasteiger charge is 2.44. The maximum Gasteiger partial charge on any atom is 0.509 e. The van der Waals surface area contributed by atoms with E-state index < -0.39 is 11.8 Å². The number of benzene rings is 1. The number of likely N-dealkylation sites (tertiary alicyclic amines) is 1. The van der Waals surface area contributed by atoms with Crippen molar-refractivity contribution in [2.45, 2.75) is 45.3 Å². The monoisotopic (exact) mass is 346 g/mol. The molecule has 6 heteroatoms. The molecule has 1 N–H and O–H groups in total. The average molecular weight is 346 g/mol. The van der Waals surface area contributed by atoms with Gasteiger partial charge in [-0.25, -0.2) is 4.79 Å². The van der Waals surface area contributed by atoms with E-state index in [2.05, 4.69) is 42.3 Å². The zero-order valence-electron chi connectivity index (χ0n) is 15.1. The lowest BCUT2D eigenvalue weighted by molar-refractivity contribution is -0.123. The molecule has 1 atom stereocenters. The summed E-state index contributed by atoms with van der Waals surface area (Å²) in [6.45, 7) is 8.27. The summed E-state index contributed by atoms with van der Waals surface area (Å²) in [6, 6.07) is 6.27. The standard InChI is InChI=1S/C19H26N2O4/c1-13-4-5-14(2)16(10-13)15(3)20-17(22)11-21-8-6-19(7-9-21)12-24-18(23)25-19/h4-5,10,15H,6-9,11-12H2,1-3H3,(H,20,22)/t15-/m1/s1. The first-order valence-corrected chi connectivity index (χ1v) is 8.81. The molecule has 1 spiro atoms. The number of nitrogens with zero attached hydrogens (tertiary/aromatic N) is 1.